The monoisotopic (exact) mass is 454 g/mol. The highest BCUT2D eigenvalue weighted by atomic mass is 32.2. The minimum atomic E-state index is -3.51. The lowest BCUT2D eigenvalue weighted by Gasteiger charge is -2.33. The van der Waals surface area contributed by atoms with Crippen LogP contribution in [-0.2, 0) is 16.4 Å². The van der Waals surface area contributed by atoms with Crippen molar-refractivity contribution in [2.24, 2.45) is 5.92 Å². The first-order chi connectivity index (χ1) is 15.6. The Bertz CT molecular complexity index is 1180. The number of ether oxygens (including phenoxy) is 1. The summed E-state index contributed by atoms with van der Waals surface area (Å²) >= 11 is 0. The van der Waals surface area contributed by atoms with Crippen molar-refractivity contribution >= 4 is 21.2 Å². The van der Waals surface area contributed by atoms with Gasteiger partial charge in [-0.1, -0.05) is 25.7 Å². The smallest absolute Gasteiger partial charge is 0.243 e. The van der Waals surface area contributed by atoms with Gasteiger partial charge in [-0.15, -0.1) is 0 Å². The highest BCUT2D eigenvalue weighted by Crippen LogP contribution is 2.34. The van der Waals surface area contributed by atoms with Gasteiger partial charge >= 0.3 is 0 Å². The van der Waals surface area contributed by atoms with E-state index < -0.39 is 10.0 Å². The van der Waals surface area contributed by atoms with E-state index in [-0.39, 0.29) is 6.04 Å². The number of sulfonamides is 1. The van der Waals surface area contributed by atoms with Crippen LogP contribution in [0.5, 0.6) is 5.75 Å². The van der Waals surface area contributed by atoms with Crippen LogP contribution in [0.4, 0.5) is 0 Å². The van der Waals surface area contributed by atoms with E-state index in [9.17, 15) is 8.42 Å². The standard InChI is InChI=1S/C24H30N4O3S/c1-31-20-8-10-21(11-9-20)32(29,30)27-15-12-19(13-16-27)28-23(17-18-5-2-3-6-18)26-22-7-4-14-25-24(22)28/h4,7-11,14,18-19H,2-3,5-6,12-13,15-17H2,1H3. The number of rotatable bonds is 6. The second-order valence-corrected chi connectivity index (χ2v) is 10.8. The molecule has 8 heteroatoms. The van der Waals surface area contributed by atoms with E-state index in [1.807, 2.05) is 18.3 Å². The molecule has 0 atom stereocenters. The Hall–Kier alpha value is -2.45. The molecule has 32 heavy (non-hydrogen) atoms. The zero-order valence-electron chi connectivity index (χ0n) is 18.5. The molecular formula is C24H30N4O3S. The molecule has 0 N–H and O–H groups in total. The minimum absolute atomic E-state index is 0.216. The average Bonchev–Trinajstić information content (AvgIpc) is 3.47. The SMILES string of the molecule is COc1ccc(S(=O)(=O)N2CCC(n3c(CC4CCCC4)nc4cccnc43)CC2)cc1. The average molecular weight is 455 g/mol. The van der Waals surface area contributed by atoms with Crippen molar-refractivity contribution in [3.8, 4) is 5.75 Å². The normalized spacial score (nSPS) is 19.0. The van der Waals surface area contributed by atoms with Gasteiger partial charge in [0.15, 0.2) is 5.65 Å². The van der Waals surface area contributed by atoms with Crippen molar-refractivity contribution in [1.82, 2.24) is 18.8 Å². The van der Waals surface area contributed by atoms with Gasteiger partial charge in [-0.3, -0.25) is 0 Å². The number of nitrogens with zero attached hydrogens (tertiary/aromatic N) is 4. The summed E-state index contributed by atoms with van der Waals surface area (Å²) in [6.45, 7) is 0.989. The number of piperidine rings is 1. The second kappa shape index (κ2) is 8.83. The van der Waals surface area contributed by atoms with Crippen molar-refractivity contribution < 1.29 is 13.2 Å². The van der Waals surface area contributed by atoms with Gasteiger partial charge in [-0.2, -0.15) is 4.31 Å². The Morgan fingerprint density at radius 1 is 1.03 bits per heavy atom. The molecule has 1 aliphatic carbocycles. The van der Waals surface area contributed by atoms with E-state index in [4.69, 9.17) is 9.72 Å². The molecule has 1 aromatic carbocycles. The van der Waals surface area contributed by atoms with Gasteiger partial charge < -0.3 is 9.30 Å². The first kappa shape index (κ1) is 21.4. The van der Waals surface area contributed by atoms with Crippen LogP contribution < -0.4 is 4.74 Å². The largest absolute Gasteiger partial charge is 0.497 e. The van der Waals surface area contributed by atoms with E-state index in [0.29, 0.717) is 29.7 Å². The van der Waals surface area contributed by atoms with Crippen molar-refractivity contribution in [2.75, 3.05) is 20.2 Å². The molecule has 2 fully saturated rings. The molecule has 3 aromatic rings. The third kappa shape index (κ3) is 4.01. The van der Waals surface area contributed by atoms with Crippen LogP contribution in [0.25, 0.3) is 11.2 Å². The molecule has 5 rings (SSSR count). The molecule has 0 amide bonds. The molecular weight excluding hydrogens is 424 g/mol. The fraction of sp³-hybridized carbons (Fsp3) is 0.500. The summed E-state index contributed by atoms with van der Waals surface area (Å²) in [5, 5.41) is 0. The van der Waals surface area contributed by atoms with Gasteiger partial charge in [0.2, 0.25) is 10.0 Å². The van der Waals surface area contributed by atoms with Gasteiger partial charge in [0, 0.05) is 31.7 Å². The molecule has 0 radical (unpaired) electrons. The number of fused-ring (bicyclic) bond motifs is 1. The maximum absolute atomic E-state index is 13.1. The summed E-state index contributed by atoms with van der Waals surface area (Å²) in [4.78, 5) is 9.89. The maximum atomic E-state index is 13.1. The molecule has 0 unspecified atom stereocenters. The number of benzene rings is 1. The lowest BCUT2D eigenvalue weighted by molar-refractivity contribution is 0.271. The van der Waals surface area contributed by atoms with Gasteiger partial charge in [-0.05, 0) is 55.2 Å². The molecule has 1 aliphatic heterocycles. The molecule has 170 valence electrons. The van der Waals surface area contributed by atoms with Crippen molar-refractivity contribution in [3.05, 3.63) is 48.4 Å². The summed E-state index contributed by atoms with van der Waals surface area (Å²) in [5.74, 6) is 2.46. The van der Waals surface area contributed by atoms with Crippen LogP contribution in [0.15, 0.2) is 47.5 Å². The zero-order valence-corrected chi connectivity index (χ0v) is 19.3. The third-order valence-electron chi connectivity index (χ3n) is 6.95. The number of pyridine rings is 1. The Labute approximate surface area is 189 Å². The van der Waals surface area contributed by atoms with Crippen LogP contribution in [0.2, 0.25) is 0 Å². The highest BCUT2D eigenvalue weighted by Gasteiger charge is 2.32. The van der Waals surface area contributed by atoms with Crippen LogP contribution >= 0.6 is 0 Å². The van der Waals surface area contributed by atoms with E-state index in [1.165, 1.54) is 25.7 Å². The number of imidazole rings is 1. The van der Waals surface area contributed by atoms with E-state index in [1.54, 1.807) is 35.7 Å². The summed E-state index contributed by atoms with van der Waals surface area (Å²) in [6, 6.07) is 10.8. The zero-order chi connectivity index (χ0) is 22.1. The molecule has 0 spiro atoms. The first-order valence-corrected chi connectivity index (χ1v) is 13.0. The van der Waals surface area contributed by atoms with E-state index in [0.717, 1.165) is 36.3 Å². The molecule has 1 saturated carbocycles. The molecule has 0 bridgehead atoms. The third-order valence-corrected chi connectivity index (χ3v) is 8.87. The Morgan fingerprint density at radius 3 is 2.44 bits per heavy atom. The number of hydrogen-bond acceptors (Lipinski definition) is 5. The van der Waals surface area contributed by atoms with Crippen LogP contribution in [0.3, 0.4) is 0 Å². The lowest BCUT2D eigenvalue weighted by atomic mass is 10.0. The van der Waals surface area contributed by atoms with Gasteiger partial charge in [0.1, 0.15) is 17.1 Å². The second-order valence-electron chi connectivity index (χ2n) is 8.91. The molecule has 1 saturated heterocycles. The molecule has 2 aromatic heterocycles. The summed E-state index contributed by atoms with van der Waals surface area (Å²) in [7, 11) is -1.94. The quantitative estimate of drug-likeness (QED) is 0.558. The Balaban J connectivity index is 1.36. The number of aromatic nitrogens is 3. The topological polar surface area (TPSA) is 77.3 Å². The van der Waals surface area contributed by atoms with Gasteiger partial charge in [0.25, 0.3) is 0 Å². The Morgan fingerprint density at radius 2 is 1.75 bits per heavy atom. The van der Waals surface area contributed by atoms with Crippen molar-refractivity contribution in [3.63, 3.8) is 0 Å². The number of methoxy groups -OCH3 is 1. The predicted octanol–water partition coefficient (Wildman–Crippen LogP) is 4.20. The molecule has 3 heterocycles. The van der Waals surface area contributed by atoms with Gasteiger partial charge in [0.05, 0.1) is 12.0 Å². The highest BCUT2D eigenvalue weighted by molar-refractivity contribution is 7.89. The van der Waals surface area contributed by atoms with E-state index >= 15 is 0 Å². The fourth-order valence-electron chi connectivity index (χ4n) is 5.21. The predicted molar refractivity (Wildman–Crippen MR) is 123 cm³/mol. The maximum Gasteiger partial charge on any atom is 0.243 e. The van der Waals surface area contributed by atoms with Crippen LogP contribution in [0.1, 0.15) is 50.4 Å². The summed E-state index contributed by atoms with van der Waals surface area (Å²) in [6.07, 6.45) is 9.49. The first-order valence-electron chi connectivity index (χ1n) is 11.5. The Kier molecular flexibility index (Phi) is 5.90. The van der Waals surface area contributed by atoms with Crippen molar-refractivity contribution in [1.29, 1.82) is 0 Å². The van der Waals surface area contributed by atoms with Crippen LogP contribution in [-0.4, -0.2) is 47.5 Å². The van der Waals surface area contributed by atoms with Gasteiger partial charge in [-0.25, -0.2) is 18.4 Å². The van der Waals surface area contributed by atoms with E-state index in [2.05, 4.69) is 9.55 Å². The van der Waals surface area contributed by atoms with Crippen molar-refractivity contribution in [2.45, 2.75) is 55.9 Å². The van der Waals surface area contributed by atoms with Crippen LogP contribution in [0, 0.1) is 5.92 Å². The summed E-state index contributed by atoms with van der Waals surface area (Å²) < 4.78 is 35.4. The lowest BCUT2D eigenvalue weighted by Crippen LogP contribution is -2.39. The summed E-state index contributed by atoms with van der Waals surface area (Å²) in [5.41, 5.74) is 1.87. The fourth-order valence-corrected chi connectivity index (χ4v) is 6.68. The minimum Gasteiger partial charge on any atom is -0.497 e. The molecule has 7 nitrogen and oxygen atoms in total. The number of hydrogen-bond donors (Lipinski definition) is 0. The molecule has 2 aliphatic rings.